The average molecular weight is 289 g/mol. The Bertz CT molecular complexity index is 535. The van der Waals surface area contributed by atoms with E-state index in [1.165, 1.54) is 0 Å². The number of ether oxygens (including phenoxy) is 1. The molecule has 2 aromatic heterocycles. The van der Waals surface area contributed by atoms with E-state index in [2.05, 4.69) is 41.2 Å². The molecule has 1 N–H and O–H groups in total. The molecule has 0 radical (unpaired) electrons. The molecule has 6 heteroatoms. The number of rotatable bonds is 8. The summed E-state index contributed by atoms with van der Waals surface area (Å²) in [6.45, 7) is 8.47. The maximum atomic E-state index is 5.72. The van der Waals surface area contributed by atoms with Crippen molar-refractivity contribution in [3.05, 3.63) is 36.2 Å². The van der Waals surface area contributed by atoms with E-state index in [4.69, 9.17) is 4.74 Å². The summed E-state index contributed by atoms with van der Waals surface area (Å²) in [4.78, 5) is 8.59. The second-order valence-corrected chi connectivity index (χ2v) is 5.17. The van der Waals surface area contributed by atoms with Crippen LogP contribution in [0.1, 0.15) is 44.8 Å². The minimum atomic E-state index is 0.274. The first-order valence-electron chi connectivity index (χ1n) is 7.37. The summed E-state index contributed by atoms with van der Waals surface area (Å²) in [7, 11) is 0. The van der Waals surface area contributed by atoms with Crippen molar-refractivity contribution < 1.29 is 4.74 Å². The third kappa shape index (κ3) is 4.53. The molecule has 2 heterocycles. The van der Waals surface area contributed by atoms with E-state index in [0.717, 1.165) is 36.8 Å². The van der Waals surface area contributed by atoms with Crippen molar-refractivity contribution in [1.82, 2.24) is 25.1 Å². The van der Waals surface area contributed by atoms with Crippen LogP contribution in [0, 0.1) is 0 Å². The lowest BCUT2D eigenvalue weighted by Crippen LogP contribution is -2.14. The lowest BCUT2D eigenvalue weighted by atomic mass is 10.3. The first-order chi connectivity index (χ1) is 10.2. The molecule has 0 spiro atoms. The van der Waals surface area contributed by atoms with Gasteiger partial charge >= 0.3 is 0 Å². The highest BCUT2D eigenvalue weighted by Crippen LogP contribution is 2.12. The molecule has 2 rings (SSSR count). The second kappa shape index (κ2) is 7.73. The second-order valence-electron chi connectivity index (χ2n) is 5.17. The van der Waals surface area contributed by atoms with Crippen molar-refractivity contribution in [2.24, 2.45) is 0 Å². The van der Waals surface area contributed by atoms with E-state index < -0.39 is 0 Å². The van der Waals surface area contributed by atoms with Crippen molar-refractivity contribution >= 4 is 0 Å². The zero-order valence-electron chi connectivity index (χ0n) is 12.9. The fraction of sp³-hybridized carbons (Fsp3) is 0.533. The lowest BCUT2D eigenvalue weighted by molar-refractivity contribution is 0.281. The molecule has 0 fully saturated rings. The van der Waals surface area contributed by atoms with Gasteiger partial charge in [0.15, 0.2) is 5.82 Å². The molecule has 0 aliphatic rings. The summed E-state index contributed by atoms with van der Waals surface area (Å²) in [5.74, 6) is 1.56. The van der Waals surface area contributed by atoms with Crippen LogP contribution in [-0.2, 0) is 13.2 Å². The van der Waals surface area contributed by atoms with E-state index in [1.54, 1.807) is 12.5 Å². The standard InChI is InChI=1S/C15H23N5O/c1-4-7-16-8-13-5-6-14(9-17-13)21-10-15-18-11-19-20(15)12(2)3/h5-6,9,11-12,16H,4,7-8,10H2,1-3H3. The normalized spacial score (nSPS) is 11.0. The van der Waals surface area contributed by atoms with Gasteiger partial charge in [-0.3, -0.25) is 4.98 Å². The Morgan fingerprint density at radius 3 is 2.81 bits per heavy atom. The zero-order valence-corrected chi connectivity index (χ0v) is 12.9. The highest BCUT2D eigenvalue weighted by molar-refractivity contribution is 5.19. The summed E-state index contributed by atoms with van der Waals surface area (Å²) in [6.07, 6.45) is 4.43. The van der Waals surface area contributed by atoms with Gasteiger partial charge in [0.25, 0.3) is 0 Å². The average Bonchev–Trinajstić information content (AvgIpc) is 2.95. The zero-order chi connectivity index (χ0) is 15.1. The van der Waals surface area contributed by atoms with Crippen molar-refractivity contribution in [3.8, 4) is 5.75 Å². The van der Waals surface area contributed by atoms with Crippen LogP contribution in [0.5, 0.6) is 5.75 Å². The largest absolute Gasteiger partial charge is 0.484 e. The van der Waals surface area contributed by atoms with Crippen molar-refractivity contribution in [2.45, 2.75) is 46.4 Å². The third-order valence-electron chi connectivity index (χ3n) is 3.03. The molecular formula is C15H23N5O. The van der Waals surface area contributed by atoms with Crippen LogP contribution in [0.3, 0.4) is 0 Å². The number of nitrogens with zero attached hydrogens (tertiary/aromatic N) is 4. The van der Waals surface area contributed by atoms with Gasteiger partial charge in [0.1, 0.15) is 18.7 Å². The van der Waals surface area contributed by atoms with Crippen molar-refractivity contribution in [1.29, 1.82) is 0 Å². The van der Waals surface area contributed by atoms with Gasteiger partial charge in [0.2, 0.25) is 0 Å². The molecule has 0 aliphatic heterocycles. The third-order valence-corrected chi connectivity index (χ3v) is 3.03. The van der Waals surface area contributed by atoms with Gasteiger partial charge in [-0.15, -0.1) is 0 Å². The van der Waals surface area contributed by atoms with E-state index in [0.29, 0.717) is 6.61 Å². The Kier molecular flexibility index (Phi) is 5.68. The van der Waals surface area contributed by atoms with Gasteiger partial charge in [-0.2, -0.15) is 5.10 Å². The molecule has 6 nitrogen and oxygen atoms in total. The van der Waals surface area contributed by atoms with Crippen LogP contribution in [0.15, 0.2) is 24.7 Å². The fourth-order valence-electron chi connectivity index (χ4n) is 1.95. The Morgan fingerprint density at radius 2 is 2.14 bits per heavy atom. The molecule has 114 valence electrons. The Morgan fingerprint density at radius 1 is 1.29 bits per heavy atom. The highest BCUT2D eigenvalue weighted by Gasteiger charge is 2.08. The van der Waals surface area contributed by atoms with Crippen molar-refractivity contribution in [3.63, 3.8) is 0 Å². The maximum Gasteiger partial charge on any atom is 0.165 e. The van der Waals surface area contributed by atoms with Gasteiger partial charge in [0, 0.05) is 12.6 Å². The van der Waals surface area contributed by atoms with Crippen LogP contribution >= 0.6 is 0 Å². The van der Waals surface area contributed by atoms with Gasteiger partial charge in [-0.05, 0) is 38.9 Å². The quantitative estimate of drug-likeness (QED) is 0.756. The molecule has 0 saturated heterocycles. The Hall–Kier alpha value is -1.95. The van der Waals surface area contributed by atoms with Crippen molar-refractivity contribution in [2.75, 3.05) is 6.54 Å². The molecule has 0 bridgehead atoms. The summed E-state index contributed by atoms with van der Waals surface area (Å²) >= 11 is 0. The van der Waals surface area contributed by atoms with Gasteiger partial charge in [-0.25, -0.2) is 9.67 Å². The van der Waals surface area contributed by atoms with E-state index in [9.17, 15) is 0 Å². The SMILES string of the molecule is CCCNCc1ccc(OCc2ncnn2C(C)C)cn1. The molecule has 0 saturated carbocycles. The maximum absolute atomic E-state index is 5.72. The molecule has 0 aliphatic carbocycles. The summed E-state index contributed by atoms with van der Waals surface area (Å²) in [5.41, 5.74) is 1.01. The molecule has 0 atom stereocenters. The molecular weight excluding hydrogens is 266 g/mol. The predicted molar refractivity (Wildman–Crippen MR) is 81.0 cm³/mol. The fourth-order valence-corrected chi connectivity index (χ4v) is 1.95. The molecule has 2 aromatic rings. The van der Waals surface area contributed by atoms with Crippen LogP contribution in [0.25, 0.3) is 0 Å². The smallest absolute Gasteiger partial charge is 0.165 e. The van der Waals surface area contributed by atoms with Crippen LogP contribution in [0.4, 0.5) is 0 Å². The monoisotopic (exact) mass is 289 g/mol. The number of hydrogen-bond donors (Lipinski definition) is 1. The predicted octanol–water partition coefficient (Wildman–Crippen LogP) is 2.33. The van der Waals surface area contributed by atoms with Gasteiger partial charge in [0.05, 0.1) is 11.9 Å². The molecule has 0 amide bonds. The molecule has 0 unspecified atom stereocenters. The number of hydrogen-bond acceptors (Lipinski definition) is 5. The van der Waals surface area contributed by atoms with Gasteiger partial charge < -0.3 is 10.1 Å². The number of nitrogens with one attached hydrogen (secondary N) is 1. The first-order valence-corrected chi connectivity index (χ1v) is 7.37. The highest BCUT2D eigenvalue weighted by atomic mass is 16.5. The lowest BCUT2D eigenvalue weighted by Gasteiger charge is -2.10. The summed E-state index contributed by atoms with van der Waals surface area (Å²) in [6, 6.07) is 4.19. The van der Waals surface area contributed by atoms with Crippen LogP contribution < -0.4 is 10.1 Å². The van der Waals surface area contributed by atoms with E-state index in [1.807, 2.05) is 16.8 Å². The Labute approximate surface area is 125 Å². The number of aromatic nitrogens is 4. The van der Waals surface area contributed by atoms with Crippen LogP contribution in [-0.4, -0.2) is 26.3 Å². The topological polar surface area (TPSA) is 64.9 Å². The Balaban J connectivity index is 1.87. The summed E-state index contributed by atoms with van der Waals surface area (Å²) in [5, 5.41) is 7.51. The number of pyridine rings is 1. The van der Waals surface area contributed by atoms with Crippen LogP contribution in [0.2, 0.25) is 0 Å². The molecule has 0 aromatic carbocycles. The minimum absolute atomic E-state index is 0.274. The van der Waals surface area contributed by atoms with E-state index in [-0.39, 0.29) is 6.04 Å². The minimum Gasteiger partial charge on any atom is -0.484 e. The molecule has 21 heavy (non-hydrogen) atoms. The summed E-state index contributed by atoms with van der Waals surface area (Å²) < 4.78 is 7.57. The van der Waals surface area contributed by atoms with E-state index >= 15 is 0 Å². The first kappa shape index (κ1) is 15.4. The van der Waals surface area contributed by atoms with Gasteiger partial charge in [-0.1, -0.05) is 6.92 Å².